The van der Waals surface area contributed by atoms with E-state index < -0.39 is 0 Å². The Balaban J connectivity index is 1.42. The Morgan fingerprint density at radius 2 is 1.66 bits per heavy atom. The summed E-state index contributed by atoms with van der Waals surface area (Å²) in [5.41, 5.74) is 3.80. The van der Waals surface area contributed by atoms with Gasteiger partial charge in [0.15, 0.2) is 0 Å². The van der Waals surface area contributed by atoms with Gasteiger partial charge in [-0.25, -0.2) is 0 Å². The number of anilines is 2. The Morgan fingerprint density at radius 3 is 2.31 bits per heavy atom. The van der Waals surface area contributed by atoms with Crippen LogP contribution in [0.15, 0.2) is 72.8 Å². The molecule has 0 unspecified atom stereocenters. The van der Waals surface area contributed by atoms with Crippen LogP contribution >= 0.6 is 0 Å². The van der Waals surface area contributed by atoms with Crippen LogP contribution in [0.3, 0.4) is 0 Å². The summed E-state index contributed by atoms with van der Waals surface area (Å²) in [7, 11) is 0. The molecule has 0 aliphatic carbocycles. The summed E-state index contributed by atoms with van der Waals surface area (Å²) < 4.78 is 5.60. The zero-order valence-electron chi connectivity index (χ0n) is 16.4. The highest BCUT2D eigenvalue weighted by Crippen LogP contribution is 2.29. The van der Waals surface area contributed by atoms with Gasteiger partial charge >= 0.3 is 0 Å². The third kappa shape index (κ3) is 3.99. The standard InChI is InChI=1S/C24H22N2O3/c1-16(2)29-21-13-7-17(8-14-21)23(27)25-19-9-11-20(12-10-19)26-15-18-5-3-4-6-22(18)24(26)28/h3-14,16H,15H2,1-2H3,(H,25,27). The van der Waals surface area contributed by atoms with Crippen LogP contribution < -0.4 is 15.0 Å². The van der Waals surface area contributed by atoms with Gasteiger partial charge in [-0.3, -0.25) is 9.59 Å². The average Bonchev–Trinajstić information content (AvgIpc) is 3.05. The molecule has 0 spiro atoms. The van der Waals surface area contributed by atoms with Crippen molar-refractivity contribution in [3.63, 3.8) is 0 Å². The van der Waals surface area contributed by atoms with E-state index in [4.69, 9.17) is 4.74 Å². The maximum atomic E-state index is 12.6. The van der Waals surface area contributed by atoms with Crippen molar-refractivity contribution in [2.24, 2.45) is 0 Å². The first-order valence-corrected chi connectivity index (χ1v) is 9.59. The minimum Gasteiger partial charge on any atom is -0.491 e. The zero-order valence-corrected chi connectivity index (χ0v) is 16.4. The molecule has 0 bridgehead atoms. The minimum atomic E-state index is -0.196. The summed E-state index contributed by atoms with van der Waals surface area (Å²) in [6, 6.07) is 22.0. The highest BCUT2D eigenvalue weighted by atomic mass is 16.5. The smallest absolute Gasteiger partial charge is 0.258 e. The monoisotopic (exact) mass is 386 g/mol. The van der Waals surface area contributed by atoms with Crippen molar-refractivity contribution in [3.05, 3.63) is 89.5 Å². The summed E-state index contributed by atoms with van der Waals surface area (Å²) in [5.74, 6) is 0.539. The third-order valence-corrected chi connectivity index (χ3v) is 4.75. The fourth-order valence-electron chi connectivity index (χ4n) is 3.35. The average molecular weight is 386 g/mol. The lowest BCUT2D eigenvalue weighted by molar-refractivity contribution is 0.0994. The second-order valence-corrected chi connectivity index (χ2v) is 7.24. The van der Waals surface area contributed by atoms with E-state index in [1.54, 1.807) is 41.3 Å². The number of amides is 2. The van der Waals surface area contributed by atoms with E-state index in [2.05, 4.69) is 5.32 Å². The zero-order chi connectivity index (χ0) is 20.4. The summed E-state index contributed by atoms with van der Waals surface area (Å²) >= 11 is 0. The number of nitrogens with zero attached hydrogens (tertiary/aromatic N) is 1. The first-order chi connectivity index (χ1) is 14.0. The SMILES string of the molecule is CC(C)Oc1ccc(C(=O)Nc2ccc(N3Cc4ccccc4C3=O)cc2)cc1. The molecule has 0 saturated carbocycles. The largest absolute Gasteiger partial charge is 0.491 e. The molecule has 0 radical (unpaired) electrons. The van der Waals surface area contributed by atoms with Crippen LogP contribution in [0.2, 0.25) is 0 Å². The highest BCUT2D eigenvalue weighted by Gasteiger charge is 2.27. The topological polar surface area (TPSA) is 58.6 Å². The Kier molecular flexibility index (Phi) is 5.04. The van der Waals surface area contributed by atoms with Crippen LogP contribution in [0.1, 0.15) is 40.1 Å². The minimum absolute atomic E-state index is 0.00101. The van der Waals surface area contributed by atoms with Crippen molar-refractivity contribution in [2.45, 2.75) is 26.5 Å². The van der Waals surface area contributed by atoms with Crippen LogP contribution in [0, 0.1) is 0 Å². The molecule has 146 valence electrons. The van der Waals surface area contributed by atoms with E-state index >= 15 is 0 Å². The van der Waals surface area contributed by atoms with E-state index in [1.807, 2.05) is 50.2 Å². The second-order valence-electron chi connectivity index (χ2n) is 7.24. The van der Waals surface area contributed by atoms with Gasteiger partial charge in [-0.05, 0) is 74.0 Å². The van der Waals surface area contributed by atoms with E-state index in [-0.39, 0.29) is 17.9 Å². The van der Waals surface area contributed by atoms with Crippen LogP contribution in [-0.2, 0) is 6.54 Å². The maximum absolute atomic E-state index is 12.6. The number of benzene rings is 3. The number of hydrogen-bond acceptors (Lipinski definition) is 3. The number of ether oxygens (including phenoxy) is 1. The molecule has 4 rings (SSSR count). The van der Waals surface area contributed by atoms with E-state index in [1.165, 1.54) is 0 Å². The van der Waals surface area contributed by atoms with Gasteiger partial charge in [0.25, 0.3) is 11.8 Å². The highest BCUT2D eigenvalue weighted by molar-refractivity contribution is 6.10. The summed E-state index contributed by atoms with van der Waals surface area (Å²) in [6.07, 6.45) is 0.0865. The van der Waals surface area contributed by atoms with Gasteiger partial charge in [0.2, 0.25) is 0 Å². The summed E-state index contributed by atoms with van der Waals surface area (Å²) in [6.45, 7) is 4.48. The molecule has 0 atom stereocenters. The van der Waals surface area contributed by atoms with Crippen molar-refractivity contribution in [1.82, 2.24) is 0 Å². The van der Waals surface area contributed by atoms with Gasteiger partial charge in [-0.2, -0.15) is 0 Å². The Labute approximate surface area is 169 Å². The predicted octanol–water partition coefficient (Wildman–Crippen LogP) is 4.89. The molecule has 2 amide bonds. The van der Waals surface area contributed by atoms with E-state index in [0.717, 1.165) is 22.6 Å². The van der Waals surface area contributed by atoms with Gasteiger partial charge in [-0.15, -0.1) is 0 Å². The molecular weight excluding hydrogens is 364 g/mol. The third-order valence-electron chi connectivity index (χ3n) is 4.75. The van der Waals surface area contributed by atoms with Gasteiger partial charge in [0, 0.05) is 22.5 Å². The first-order valence-electron chi connectivity index (χ1n) is 9.59. The fourth-order valence-corrected chi connectivity index (χ4v) is 3.35. The van der Waals surface area contributed by atoms with Gasteiger partial charge in [0.05, 0.1) is 12.6 Å². The van der Waals surface area contributed by atoms with Gasteiger partial charge in [0.1, 0.15) is 5.75 Å². The normalized spacial score (nSPS) is 12.8. The van der Waals surface area contributed by atoms with Gasteiger partial charge < -0.3 is 15.0 Å². The molecule has 3 aromatic carbocycles. The van der Waals surface area contributed by atoms with Crippen LogP contribution in [0.25, 0.3) is 0 Å². The number of rotatable bonds is 5. The fraction of sp³-hybridized carbons (Fsp3) is 0.167. The lowest BCUT2D eigenvalue weighted by Crippen LogP contribution is -2.22. The molecule has 0 saturated heterocycles. The van der Waals surface area contributed by atoms with E-state index in [0.29, 0.717) is 17.8 Å². The first kappa shape index (κ1) is 18.7. The lowest BCUT2D eigenvalue weighted by atomic mass is 10.1. The molecule has 3 aromatic rings. The maximum Gasteiger partial charge on any atom is 0.258 e. The van der Waals surface area contributed by atoms with Crippen LogP contribution in [-0.4, -0.2) is 17.9 Å². The molecule has 5 heteroatoms. The molecule has 1 N–H and O–H groups in total. The molecular formula is C24H22N2O3. The number of nitrogens with one attached hydrogen (secondary N) is 1. The number of hydrogen-bond donors (Lipinski definition) is 1. The predicted molar refractivity (Wildman–Crippen MR) is 114 cm³/mol. The van der Waals surface area contributed by atoms with Crippen LogP contribution in [0.4, 0.5) is 11.4 Å². The molecule has 0 aromatic heterocycles. The Bertz CT molecular complexity index is 1040. The molecule has 1 aliphatic rings. The van der Waals surface area contributed by atoms with Gasteiger partial charge in [-0.1, -0.05) is 18.2 Å². The van der Waals surface area contributed by atoms with E-state index in [9.17, 15) is 9.59 Å². The Morgan fingerprint density at radius 1 is 0.966 bits per heavy atom. The molecule has 29 heavy (non-hydrogen) atoms. The van der Waals surface area contributed by atoms with Crippen molar-refractivity contribution < 1.29 is 14.3 Å². The lowest BCUT2D eigenvalue weighted by Gasteiger charge is -2.16. The number of carbonyl (C=O) groups is 2. The van der Waals surface area contributed by atoms with Crippen LogP contribution in [0.5, 0.6) is 5.75 Å². The second kappa shape index (κ2) is 7.80. The molecule has 5 nitrogen and oxygen atoms in total. The number of fused-ring (bicyclic) bond motifs is 1. The molecule has 1 heterocycles. The van der Waals surface area contributed by atoms with Crippen molar-refractivity contribution >= 4 is 23.2 Å². The Hall–Kier alpha value is -3.60. The molecule has 1 aliphatic heterocycles. The summed E-state index contributed by atoms with van der Waals surface area (Å²) in [5, 5.41) is 2.88. The van der Waals surface area contributed by atoms with Crippen molar-refractivity contribution in [3.8, 4) is 5.75 Å². The van der Waals surface area contributed by atoms with Crippen molar-refractivity contribution in [2.75, 3.05) is 10.2 Å². The molecule has 0 fully saturated rings. The number of carbonyl (C=O) groups excluding carboxylic acids is 2. The quantitative estimate of drug-likeness (QED) is 0.679. The summed E-state index contributed by atoms with van der Waals surface area (Å²) in [4.78, 5) is 26.8. The van der Waals surface area contributed by atoms with Crippen molar-refractivity contribution in [1.29, 1.82) is 0 Å².